The molecule has 1 aromatic carbocycles. The van der Waals surface area contributed by atoms with Gasteiger partial charge in [-0.3, -0.25) is 14.9 Å². The second-order valence-corrected chi connectivity index (χ2v) is 4.88. The van der Waals surface area contributed by atoms with Crippen LogP contribution in [0.25, 0.3) is 0 Å². The lowest BCUT2D eigenvalue weighted by atomic mass is 10.2. The van der Waals surface area contributed by atoms with Gasteiger partial charge in [-0.15, -0.1) is 0 Å². The van der Waals surface area contributed by atoms with E-state index in [-0.39, 0.29) is 17.4 Å². The van der Waals surface area contributed by atoms with E-state index in [1.54, 1.807) is 28.8 Å². The van der Waals surface area contributed by atoms with Gasteiger partial charge in [0.1, 0.15) is 5.69 Å². The molecular weight excluding hydrogens is 272 g/mol. The standard InChI is InChI=1S/C14H16N4O3/c1-9(2)17-8-10(18(20)21)7-13(17)14(19)16-12-6-4-3-5-11(12)15/h3-9H,15H2,1-2H3,(H,16,19). The first-order chi connectivity index (χ1) is 9.90. The summed E-state index contributed by atoms with van der Waals surface area (Å²) in [6.45, 7) is 3.69. The molecule has 0 fully saturated rings. The number of nitrogens with one attached hydrogen (secondary N) is 1. The quantitative estimate of drug-likeness (QED) is 0.513. The predicted molar refractivity (Wildman–Crippen MR) is 80.3 cm³/mol. The van der Waals surface area contributed by atoms with Crippen LogP contribution in [0.5, 0.6) is 0 Å². The number of benzene rings is 1. The van der Waals surface area contributed by atoms with Gasteiger partial charge in [0.05, 0.1) is 22.5 Å². The molecule has 7 nitrogen and oxygen atoms in total. The molecule has 1 heterocycles. The molecule has 0 saturated heterocycles. The molecule has 0 aliphatic rings. The average Bonchev–Trinajstić information content (AvgIpc) is 2.87. The highest BCUT2D eigenvalue weighted by atomic mass is 16.6. The fourth-order valence-corrected chi connectivity index (χ4v) is 1.97. The summed E-state index contributed by atoms with van der Waals surface area (Å²) < 4.78 is 1.56. The Morgan fingerprint density at radius 2 is 2.05 bits per heavy atom. The first-order valence-electron chi connectivity index (χ1n) is 6.42. The van der Waals surface area contributed by atoms with E-state index in [2.05, 4.69) is 5.32 Å². The van der Waals surface area contributed by atoms with Gasteiger partial charge in [0.2, 0.25) is 0 Å². The number of para-hydroxylation sites is 2. The molecule has 0 radical (unpaired) electrons. The molecule has 0 unspecified atom stereocenters. The fraction of sp³-hybridized carbons (Fsp3) is 0.214. The highest BCUT2D eigenvalue weighted by Gasteiger charge is 2.21. The van der Waals surface area contributed by atoms with E-state index >= 15 is 0 Å². The molecule has 1 amide bonds. The minimum absolute atomic E-state index is 0.0763. The van der Waals surface area contributed by atoms with E-state index < -0.39 is 10.8 Å². The Morgan fingerprint density at radius 1 is 1.38 bits per heavy atom. The Balaban J connectivity index is 2.35. The van der Waals surface area contributed by atoms with Crippen molar-refractivity contribution in [1.82, 2.24) is 4.57 Å². The number of anilines is 2. The summed E-state index contributed by atoms with van der Waals surface area (Å²) in [5, 5.41) is 13.5. The molecule has 3 N–H and O–H groups in total. The molecule has 0 aliphatic heterocycles. The minimum atomic E-state index is -0.521. The number of nitrogens with zero attached hydrogens (tertiary/aromatic N) is 2. The summed E-state index contributed by atoms with van der Waals surface area (Å²) in [4.78, 5) is 22.7. The second-order valence-electron chi connectivity index (χ2n) is 4.88. The van der Waals surface area contributed by atoms with Gasteiger partial charge < -0.3 is 15.6 Å². The van der Waals surface area contributed by atoms with E-state index in [4.69, 9.17) is 5.73 Å². The zero-order valence-corrected chi connectivity index (χ0v) is 11.7. The number of carbonyl (C=O) groups is 1. The minimum Gasteiger partial charge on any atom is -0.397 e. The van der Waals surface area contributed by atoms with E-state index in [9.17, 15) is 14.9 Å². The van der Waals surface area contributed by atoms with Crippen LogP contribution in [0.3, 0.4) is 0 Å². The molecular formula is C14H16N4O3. The smallest absolute Gasteiger partial charge is 0.287 e. The van der Waals surface area contributed by atoms with Crippen LogP contribution in [0.4, 0.5) is 17.1 Å². The molecule has 0 bridgehead atoms. The van der Waals surface area contributed by atoms with Crippen molar-refractivity contribution in [2.45, 2.75) is 19.9 Å². The van der Waals surface area contributed by atoms with Crippen LogP contribution in [0, 0.1) is 10.1 Å². The third kappa shape index (κ3) is 3.02. The van der Waals surface area contributed by atoms with E-state index in [0.29, 0.717) is 11.4 Å². The number of nitrogen functional groups attached to an aromatic ring is 1. The number of rotatable bonds is 4. The van der Waals surface area contributed by atoms with Gasteiger partial charge >= 0.3 is 0 Å². The number of hydrogen-bond acceptors (Lipinski definition) is 4. The van der Waals surface area contributed by atoms with Crippen molar-refractivity contribution in [3.63, 3.8) is 0 Å². The first kappa shape index (κ1) is 14.6. The van der Waals surface area contributed by atoms with Crippen molar-refractivity contribution in [3.05, 3.63) is 52.3 Å². The number of amides is 1. The largest absolute Gasteiger partial charge is 0.397 e. The Kier molecular flexibility index (Phi) is 3.93. The van der Waals surface area contributed by atoms with Crippen LogP contribution in [0.15, 0.2) is 36.5 Å². The summed E-state index contributed by atoms with van der Waals surface area (Å²) in [6, 6.07) is 8.02. The summed E-state index contributed by atoms with van der Waals surface area (Å²) >= 11 is 0. The van der Waals surface area contributed by atoms with Crippen molar-refractivity contribution in [1.29, 1.82) is 0 Å². The van der Waals surface area contributed by atoms with Gasteiger partial charge in [-0.05, 0) is 26.0 Å². The van der Waals surface area contributed by atoms with E-state index in [0.717, 1.165) is 0 Å². The van der Waals surface area contributed by atoms with Crippen LogP contribution in [-0.2, 0) is 0 Å². The van der Waals surface area contributed by atoms with Gasteiger partial charge in [-0.2, -0.15) is 0 Å². The number of nitrogens with two attached hydrogens (primary N) is 1. The molecule has 2 aromatic rings. The van der Waals surface area contributed by atoms with Crippen LogP contribution in [-0.4, -0.2) is 15.4 Å². The monoisotopic (exact) mass is 288 g/mol. The molecule has 0 spiro atoms. The normalized spacial score (nSPS) is 10.6. The molecule has 0 saturated carbocycles. The van der Waals surface area contributed by atoms with Crippen molar-refractivity contribution in [3.8, 4) is 0 Å². The zero-order valence-electron chi connectivity index (χ0n) is 11.7. The first-order valence-corrected chi connectivity index (χ1v) is 6.42. The van der Waals surface area contributed by atoms with Gasteiger partial charge in [-0.25, -0.2) is 0 Å². The topological polar surface area (TPSA) is 103 Å². The second kappa shape index (κ2) is 5.66. The number of hydrogen-bond donors (Lipinski definition) is 2. The maximum Gasteiger partial charge on any atom is 0.287 e. The predicted octanol–water partition coefficient (Wildman–Crippen LogP) is 2.81. The highest BCUT2D eigenvalue weighted by molar-refractivity contribution is 6.05. The van der Waals surface area contributed by atoms with Crippen LogP contribution in [0.1, 0.15) is 30.4 Å². The van der Waals surface area contributed by atoms with Gasteiger partial charge in [-0.1, -0.05) is 12.1 Å². The van der Waals surface area contributed by atoms with Crippen molar-refractivity contribution in [2.75, 3.05) is 11.1 Å². The maximum atomic E-state index is 12.3. The van der Waals surface area contributed by atoms with Crippen molar-refractivity contribution in [2.24, 2.45) is 0 Å². The van der Waals surface area contributed by atoms with E-state index in [1.807, 2.05) is 13.8 Å². The Bertz CT molecular complexity index is 691. The highest BCUT2D eigenvalue weighted by Crippen LogP contribution is 2.23. The van der Waals surface area contributed by atoms with Crippen LogP contribution in [0.2, 0.25) is 0 Å². The van der Waals surface area contributed by atoms with Gasteiger partial charge in [0.15, 0.2) is 0 Å². The van der Waals surface area contributed by atoms with Crippen molar-refractivity contribution < 1.29 is 9.72 Å². The zero-order chi connectivity index (χ0) is 15.6. The van der Waals surface area contributed by atoms with Gasteiger partial charge in [0, 0.05) is 12.1 Å². The summed E-state index contributed by atoms with van der Waals surface area (Å²) in [5.74, 6) is -0.435. The molecule has 0 atom stereocenters. The third-order valence-corrected chi connectivity index (χ3v) is 3.04. The number of carbonyl (C=O) groups excluding carboxylic acids is 1. The molecule has 0 aliphatic carbocycles. The summed E-state index contributed by atoms with van der Waals surface area (Å²) in [5.41, 5.74) is 6.78. The Hall–Kier alpha value is -2.83. The maximum absolute atomic E-state index is 12.3. The third-order valence-electron chi connectivity index (χ3n) is 3.04. The molecule has 7 heteroatoms. The molecule has 2 rings (SSSR count). The van der Waals surface area contributed by atoms with Crippen molar-refractivity contribution >= 4 is 23.0 Å². The lowest BCUT2D eigenvalue weighted by Gasteiger charge is -2.13. The number of nitro groups is 1. The molecule has 1 aromatic heterocycles. The number of aromatic nitrogens is 1. The summed E-state index contributed by atoms with van der Waals surface area (Å²) in [6.07, 6.45) is 1.36. The van der Waals surface area contributed by atoms with Crippen LogP contribution >= 0.6 is 0 Å². The Morgan fingerprint density at radius 3 is 2.62 bits per heavy atom. The molecule has 110 valence electrons. The lowest BCUT2D eigenvalue weighted by Crippen LogP contribution is -2.18. The summed E-state index contributed by atoms with van der Waals surface area (Å²) in [7, 11) is 0. The lowest BCUT2D eigenvalue weighted by molar-refractivity contribution is -0.384. The van der Waals surface area contributed by atoms with Crippen LogP contribution < -0.4 is 11.1 Å². The molecule has 21 heavy (non-hydrogen) atoms. The SMILES string of the molecule is CC(C)n1cc([N+](=O)[O-])cc1C(=O)Nc1ccccc1N. The fourth-order valence-electron chi connectivity index (χ4n) is 1.97. The van der Waals surface area contributed by atoms with E-state index in [1.165, 1.54) is 12.3 Å². The Labute approximate surface area is 121 Å². The average molecular weight is 288 g/mol. The van der Waals surface area contributed by atoms with Gasteiger partial charge in [0.25, 0.3) is 11.6 Å².